The molecule has 0 saturated heterocycles. The van der Waals surface area contributed by atoms with Crippen molar-refractivity contribution in [2.75, 3.05) is 0 Å². The van der Waals surface area contributed by atoms with Gasteiger partial charge in [-0.15, -0.1) is 0 Å². The van der Waals surface area contributed by atoms with Crippen LogP contribution in [-0.4, -0.2) is 29.8 Å². The van der Waals surface area contributed by atoms with Gasteiger partial charge < -0.3 is 9.13 Å². The maximum absolute atomic E-state index is 5.56. The van der Waals surface area contributed by atoms with Gasteiger partial charge in [0.15, 0.2) is 0 Å². The topological polar surface area (TPSA) is 60.9 Å². The van der Waals surface area contributed by atoms with Gasteiger partial charge in [0.1, 0.15) is 11.6 Å². The lowest BCUT2D eigenvalue weighted by molar-refractivity contribution is 0.561. The van der Waals surface area contributed by atoms with Crippen LogP contribution in [0.1, 0.15) is 131 Å². The van der Waals surface area contributed by atoms with E-state index in [2.05, 4.69) is 129 Å². The standard InChI is InChI=1S/C44H54N6/c1-41(2,3)25-21-29(37-33(23-25)49-19-17-31-27(39(49)47-37)13-15-35(45-31)43(7,8)9)30-22-26(42(4,5)6)24-34-38(30)48-40-28-14-16-36(44(10,11)12)46-32(28)18-20-50(34)40/h13,15,21-24H,14,16-20H2,1-12H3. The van der Waals surface area contributed by atoms with E-state index in [1.54, 1.807) is 0 Å². The molecule has 0 unspecified atom stereocenters. The van der Waals surface area contributed by atoms with E-state index in [0.717, 1.165) is 78.4 Å². The summed E-state index contributed by atoms with van der Waals surface area (Å²) in [6.07, 6.45) is 3.84. The number of aliphatic imine (C=N–C) groups is 1. The summed E-state index contributed by atoms with van der Waals surface area (Å²) < 4.78 is 4.93. The minimum absolute atomic E-state index is 0.00419. The van der Waals surface area contributed by atoms with Crippen LogP contribution in [0.4, 0.5) is 0 Å². The highest BCUT2D eigenvalue weighted by molar-refractivity contribution is 6.04. The first-order valence-electron chi connectivity index (χ1n) is 18.7. The molecule has 0 bridgehead atoms. The molecule has 3 aliphatic rings. The largest absolute Gasteiger partial charge is 0.324 e. The smallest absolute Gasteiger partial charge is 0.143 e. The molecule has 0 N–H and O–H groups in total. The SMILES string of the molecule is CC(C)(C)C1=NC2=C(CC1)c1nc3c(-c4cc(C(C)(C)C)cc5c4nc4n5CCc5nc(C(C)(C)C)ccc5-4)cc(C(C)(C)C)cc3n1CC2. The summed E-state index contributed by atoms with van der Waals surface area (Å²) in [7, 11) is 0. The first-order valence-corrected chi connectivity index (χ1v) is 18.7. The number of rotatable bonds is 1. The van der Waals surface area contributed by atoms with Crippen molar-refractivity contribution in [3.8, 4) is 22.5 Å². The predicted octanol–water partition coefficient (Wildman–Crippen LogP) is 11.0. The Hall–Kier alpha value is -4.06. The molecule has 0 fully saturated rings. The zero-order valence-corrected chi connectivity index (χ0v) is 32.4. The molecule has 2 aromatic carbocycles. The number of allylic oxidation sites excluding steroid dienone is 2. The number of aryl methyl sites for hydroxylation is 3. The highest BCUT2D eigenvalue weighted by atomic mass is 15.1. The number of fused-ring (bicyclic) bond motifs is 9. The molecule has 8 rings (SSSR count). The highest BCUT2D eigenvalue weighted by Crippen LogP contribution is 2.45. The summed E-state index contributed by atoms with van der Waals surface area (Å²) in [6, 6.07) is 14.1. The molecule has 0 atom stereocenters. The molecule has 0 radical (unpaired) electrons. The van der Waals surface area contributed by atoms with Crippen LogP contribution in [-0.2, 0) is 35.8 Å². The van der Waals surface area contributed by atoms with E-state index in [1.165, 1.54) is 50.3 Å². The Kier molecular flexibility index (Phi) is 7.10. The summed E-state index contributed by atoms with van der Waals surface area (Å²) in [5.41, 5.74) is 16.9. The van der Waals surface area contributed by atoms with Gasteiger partial charge in [-0.05, 0) is 71.2 Å². The molecule has 6 heterocycles. The molecule has 50 heavy (non-hydrogen) atoms. The fourth-order valence-corrected chi connectivity index (χ4v) is 8.02. The minimum Gasteiger partial charge on any atom is -0.324 e. The van der Waals surface area contributed by atoms with Crippen LogP contribution in [0.25, 0.3) is 50.2 Å². The van der Waals surface area contributed by atoms with E-state index in [9.17, 15) is 0 Å². The molecular formula is C44H54N6. The zero-order valence-electron chi connectivity index (χ0n) is 32.4. The normalized spacial score (nSPS) is 16.8. The Balaban J connectivity index is 1.40. The summed E-state index contributed by atoms with van der Waals surface area (Å²) in [5, 5.41) is 0. The molecule has 5 aromatic rings. The van der Waals surface area contributed by atoms with Gasteiger partial charge in [0.25, 0.3) is 0 Å². The number of pyridine rings is 1. The van der Waals surface area contributed by atoms with Crippen molar-refractivity contribution in [2.45, 2.75) is 138 Å². The van der Waals surface area contributed by atoms with Gasteiger partial charge in [-0.1, -0.05) is 83.1 Å². The van der Waals surface area contributed by atoms with Crippen LogP contribution < -0.4 is 0 Å². The lowest BCUT2D eigenvalue weighted by Gasteiger charge is -2.29. The summed E-state index contributed by atoms with van der Waals surface area (Å²) in [4.78, 5) is 21.5. The number of nitrogens with zero attached hydrogens (tertiary/aromatic N) is 6. The van der Waals surface area contributed by atoms with Crippen molar-refractivity contribution in [1.29, 1.82) is 0 Å². The predicted molar refractivity (Wildman–Crippen MR) is 209 cm³/mol. The summed E-state index contributed by atoms with van der Waals surface area (Å²) >= 11 is 0. The number of aromatic nitrogens is 5. The van der Waals surface area contributed by atoms with Crippen LogP contribution in [0.5, 0.6) is 0 Å². The van der Waals surface area contributed by atoms with Crippen molar-refractivity contribution in [3.63, 3.8) is 0 Å². The van der Waals surface area contributed by atoms with Gasteiger partial charge in [-0.3, -0.25) is 9.98 Å². The molecule has 3 aliphatic heterocycles. The average molecular weight is 667 g/mol. The quantitative estimate of drug-likeness (QED) is 0.179. The second kappa shape index (κ2) is 10.7. The monoisotopic (exact) mass is 666 g/mol. The van der Waals surface area contributed by atoms with Gasteiger partial charge in [0, 0.05) is 76.1 Å². The maximum Gasteiger partial charge on any atom is 0.143 e. The van der Waals surface area contributed by atoms with Gasteiger partial charge in [0.2, 0.25) is 0 Å². The van der Waals surface area contributed by atoms with E-state index < -0.39 is 0 Å². The summed E-state index contributed by atoms with van der Waals surface area (Å²) in [5.74, 6) is 2.13. The third-order valence-corrected chi connectivity index (χ3v) is 11.2. The molecule has 0 aliphatic carbocycles. The second-order valence-corrected chi connectivity index (χ2v) is 19.1. The second-order valence-electron chi connectivity index (χ2n) is 19.1. The molecule has 3 aromatic heterocycles. The highest BCUT2D eigenvalue weighted by Gasteiger charge is 2.33. The Morgan fingerprint density at radius 2 is 1.08 bits per heavy atom. The minimum atomic E-state index is -0.0395. The fraction of sp³-hybridized carbons (Fsp3) is 0.500. The molecule has 0 spiro atoms. The van der Waals surface area contributed by atoms with Crippen LogP contribution in [0, 0.1) is 5.41 Å². The van der Waals surface area contributed by atoms with Crippen molar-refractivity contribution >= 4 is 33.4 Å². The molecule has 0 saturated carbocycles. The maximum atomic E-state index is 5.56. The average Bonchev–Trinajstić information content (AvgIpc) is 3.60. The number of imidazole rings is 2. The Labute approximate surface area is 298 Å². The van der Waals surface area contributed by atoms with Gasteiger partial charge in [-0.2, -0.15) is 0 Å². The number of benzene rings is 2. The van der Waals surface area contributed by atoms with E-state index in [1.807, 2.05) is 0 Å². The molecule has 0 amide bonds. The third-order valence-electron chi connectivity index (χ3n) is 11.2. The fourth-order valence-electron chi connectivity index (χ4n) is 8.02. The zero-order chi connectivity index (χ0) is 35.7. The first-order chi connectivity index (χ1) is 23.3. The van der Waals surface area contributed by atoms with Crippen molar-refractivity contribution in [1.82, 2.24) is 24.1 Å². The van der Waals surface area contributed by atoms with Gasteiger partial charge in [0.05, 0.1) is 27.8 Å². The molecule has 6 nitrogen and oxygen atoms in total. The lowest BCUT2D eigenvalue weighted by atomic mass is 9.82. The Morgan fingerprint density at radius 3 is 1.64 bits per heavy atom. The molecular weight excluding hydrogens is 613 g/mol. The first kappa shape index (κ1) is 33.1. The van der Waals surface area contributed by atoms with E-state index in [-0.39, 0.29) is 21.7 Å². The van der Waals surface area contributed by atoms with Crippen LogP contribution >= 0.6 is 0 Å². The third kappa shape index (κ3) is 5.27. The van der Waals surface area contributed by atoms with Crippen LogP contribution in [0.15, 0.2) is 47.1 Å². The lowest BCUT2D eigenvalue weighted by Crippen LogP contribution is -2.25. The van der Waals surface area contributed by atoms with Crippen molar-refractivity contribution in [3.05, 3.63) is 70.4 Å². The van der Waals surface area contributed by atoms with Crippen molar-refractivity contribution < 1.29 is 0 Å². The molecule has 260 valence electrons. The van der Waals surface area contributed by atoms with Gasteiger partial charge in [-0.25, -0.2) is 9.97 Å². The van der Waals surface area contributed by atoms with E-state index in [4.69, 9.17) is 19.9 Å². The number of hydrogen-bond acceptors (Lipinski definition) is 4. The van der Waals surface area contributed by atoms with E-state index in [0.29, 0.717) is 0 Å². The van der Waals surface area contributed by atoms with Crippen LogP contribution in [0.2, 0.25) is 0 Å². The van der Waals surface area contributed by atoms with Gasteiger partial charge >= 0.3 is 0 Å². The van der Waals surface area contributed by atoms with Crippen molar-refractivity contribution in [2.24, 2.45) is 10.4 Å². The Morgan fingerprint density at radius 1 is 0.520 bits per heavy atom. The van der Waals surface area contributed by atoms with Crippen LogP contribution in [0.3, 0.4) is 0 Å². The Bertz CT molecular complexity index is 2290. The summed E-state index contributed by atoms with van der Waals surface area (Å²) in [6.45, 7) is 29.3. The molecule has 6 heteroatoms. The van der Waals surface area contributed by atoms with E-state index >= 15 is 0 Å². The number of hydrogen-bond donors (Lipinski definition) is 0.